The van der Waals surface area contributed by atoms with E-state index in [1.807, 2.05) is 6.07 Å². The second kappa shape index (κ2) is 9.07. The highest BCUT2D eigenvalue weighted by Crippen LogP contribution is 2.17. The van der Waals surface area contributed by atoms with Crippen LogP contribution in [0.5, 0.6) is 5.75 Å². The second-order valence-electron chi connectivity index (χ2n) is 6.73. The first-order valence-corrected chi connectivity index (χ1v) is 11.0. The molecule has 7 nitrogen and oxygen atoms in total. The molecule has 0 spiro atoms. The van der Waals surface area contributed by atoms with E-state index in [-0.39, 0.29) is 18.6 Å². The quantitative estimate of drug-likeness (QED) is 0.705. The number of rotatable bonds is 8. The minimum atomic E-state index is -3.34. The van der Waals surface area contributed by atoms with Gasteiger partial charge in [-0.3, -0.25) is 9.52 Å². The zero-order valence-corrected chi connectivity index (χ0v) is 16.5. The fourth-order valence-electron chi connectivity index (χ4n) is 2.91. The molecule has 1 atom stereocenters. The van der Waals surface area contributed by atoms with E-state index in [0.717, 1.165) is 31.3 Å². The van der Waals surface area contributed by atoms with Crippen LogP contribution in [0.25, 0.3) is 0 Å². The maximum Gasteiger partial charge on any atom is 0.251 e. The Hall–Kier alpha value is -2.58. The Morgan fingerprint density at radius 1 is 1.21 bits per heavy atom. The lowest BCUT2D eigenvalue weighted by molar-refractivity contribution is 0.0679. The maximum atomic E-state index is 12.3. The van der Waals surface area contributed by atoms with Crippen molar-refractivity contribution in [1.29, 1.82) is 0 Å². The SMILES string of the molecule is CS(=O)(=O)Nc1cccc(CNC(=O)c2ccc(OC[C@H]3CCCO3)cc2)c1. The number of benzene rings is 2. The lowest BCUT2D eigenvalue weighted by Gasteiger charge is -2.12. The summed E-state index contributed by atoms with van der Waals surface area (Å²) in [5, 5.41) is 2.82. The number of amides is 1. The van der Waals surface area contributed by atoms with Crippen molar-refractivity contribution < 1.29 is 22.7 Å². The van der Waals surface area contributed by atoms with Crippen LogP contribution < -0.4 is 14.8 Å². The van der Waals surface area contributed by atoms with Gasteiger partial charge in [0.25, 0.3) is 5.91 Å². The van der Waals surface area contributed by atoms with Crippen LogP contribution in [0.15, 0.2) is 48.5 Å². The summed E-state index contributed by atoms with van der Waals surface area (Å²) in [6.07, 6.45) is 3.33. The highest BCUT2D eigenvalue weighted by Gasteiger charge is 2.16. The van der Waals surface area contributed by atoms with E-state index in [4.69, 9.17) is 9.47 Å². The molecule has 0 unspecified atom stereocenters. The minimum Gasteiger partial charge on any atom is -0.491 e. The van der Waals surface area contributed by atoms with Crippen molar-refractivity contribution in [1.82, 2.24) is 5.32 Å². The fraction of sp³-hybridized carbons (Fsp3) is 0.350. The summed E-state index contributed by atoms with van der Waals surface area (Å²) in [5.74, 6) is 0.485. The second-order valence-corrected chi connectivity index (χ2v) is 8.48. The molecule has 2 N–H and O–H groups in total. The molecule has 1 heterocycles. The van der Waals surface area contributed by atoms with Crippen molar-refractivity contribution in [3.8, 4) is 5.75 Å². The van der Waals surface area contributed by atoms with Gasteiger partial charge >= 0.3 is 0 Å². The Balaban J connectivity index is 1.51. The standard InChI is InChI=1S/C20H24N2O5S/c1-28(24,25)22-17-5-2-4-15(12-17)13-21-20(23)16-7-9-18(10-8-16)27-14-19-6-3-11-26-19/h2,4-5,7-10,12,19,22H,3,6,11,13-14H2,1H3,(H,21,23)/t19-/m1/s1. The topological polar surface area (TPSA) is 93.7 Å². The number of hydrogen-bond acceptors (Lipinski definition) is 5. The van der Waals surface area contributed by atoms with Crippen molar-refractivity contribution in [2.75, 3.05) is 24.2 Å². The average Bonchev–Trinajstić information content (AvgIpc) is 3.17. The van der Waals surface area contributed by atoms with Crippen molar-refractivity contribution >= 4 is 21.6 Å². The first kappa shape index (κ1) is 20.2. The molecule has 0 aliphatic carbocycles. The summed E-state index contributed by atoms with van der Waals surface area (Å²) < 4.78 is 36.3. The normalized spacial score (nSPS) is 16.5. The van der Waals surface area contributed by atoms with Gasteiger partial charge in [-0.25, -0.2) is 8.42 Å². The Kier molecular flexibility index (Phi) is 6.53. The van der Waals surface area contributed by atoms with E-state index in [0.29, 0.717) is 23.6 Å². The van der Waals surface area contributed by atoms with E-state index in [9.17, 15) is 13.2 Å². The maximum absolute atomic E-state index is 12.3. The van der Waals surface area contributed by atoms with Gasteiger partial charge in [0.05, 0.1) is 12.4 Å². The van der Waals surface area contributed by atoms with Crippen LogP contribution in [0.1, 0.15) is 28.8 Å². The van der Waals surface area contributed by atoms with E-state index in [1.54, 1.807) is 42.5 Å². The number of carbonyl (C=O) groups is 1. The van der Waals surface area contributed by atoms with Crippen LogP contribution in [-0.2, 0) is 21.3 Å². The molecule has 28 heavy (non-hydrogen) atoms. The zero-order chi connectivity index (χ0) is 20.0. The number of carbonyl (C=O) groups excluding carboxylic acids is 1. The number of ether oxygens (including phenoxy) is 2. The highest BCUT2D eigenvalue weighted by atomic mass is 32.2. The first-order valence-electron chi connectivity index (χ1n) is 9.08. The van der Waals surface area contributed by atoms with E-state index >= 15 is 0 Å². The average molecular weight is 404 g/mol. The summed E-state index contributed by atoms with van der Waals surface area (Å²) in [5.41, 5.74) is 1.77. The molecule has 1 fully saturated rings. The van der Waals surface area contributed by atoms with Crippen molar-refractivity contribution in [3.05, 3.63) is 59.7 Å². The summed E-state index contributed by atoms with van der Waals surface area (Å²) in [6, 6.07) is 13.8. The minimum absolute atomic E-state index is 0.149. The van der Waals surface area contributed by atoms with Gasteiger partial charge in [-0.15, -0.1) is 0 Å². The van der Waals surface area contributed by atoms with Crippen LogP contribution in [-0.4, -0.2) is 39.9 Å². The van der Waals surface area contributed by atoms with Gasteiger partial charge in [-0.2, -0.15) is 0 Å². The monoisotopic (exact) mass is 404 g/mol. The van der Waals surface area contributed by atoms with Gasteiger partial charge in [0.2, 0.25) is 10.0 Å². The lowest BCUT2D eigenvalue weighted by atomic mass is 10.1. The molecule has 0 radical (unpaired) electrons. The van der Waals surface area contributed by atoms with Gasteiger partial charge in [-0.1, -0.05) is 12.1 Å². The lowest BCUT2D eigenvalue weighted by Crippen LogP contribution is -2.23. The Morgan fingerprint density at radius 3 is 2.68 bits per heavy atom. The third kappa shape index (κ3) is 6.24. The van der Waals surface area contributed by atoms with Crippen LogP contribution >= 0.6 is 0 Å². The number of anilines is 1. The smallest absolute Gasteiger partial charge is 0.251 e. The van der Waals surface area contributed by atoms with Crippen molar-refractivity contribution in [3.63, 3.8) is 0 Å². The fourth-order valence-corrected chi connectivity index (χ4v) is 3.47. The number of sulfonamides is 1. The van der Waals surface area contributed by atoms with Gasteiger partial charge in [-0.05, 0) is 54.8 Å². The largest absolute Gasteiger partial charge is 0.491 e. The van der Waals surface area contributed by atoms with Crippen LogP contribution in [0.2, 0.25) is 0 Å². The van der Waals surface area contributed by atoms with Crippen LogP contribution in [0, 0.1) is 0 Å². The molecule has 0 saturated carbocycles. The molecule has 2 aromatic carbocycles. The summed E-state index contributed by atoms with van der Waals surface area (Å²) in [7, 11) is -3.34. The van der Waals surface area contributed by atoms with Gasteiger partial charge in [0.15, 0.2) is 0 Å². The van der Waals surface area contributed by atoms with E-state index < -0.39 is 10.0 Å². The van der Waals surface area contributed by atoms with Gasteiger partial charge < -0.3 is 14.8 Å². The number of hydrogen-bond donors (Lipinski definition) is 2. The molecule has 1 aliphatic heterocycles. The molecule has 1 saturated heterocycles. The molecule has 1 aliphatic rings. The molecule has 150 valence electrons. The first-order chi connectivity index (χ1) is 13.4. The number of nitrogens with one attached hydrogen (secondary N) is 2. The van der Waals surface area contributed by atoms with Crippen LogP contribution in [0.4, 0.5) is 5.69 Å². The molecule has 1 amide bonds. The van der Waals surface area contributed by atoms with E-state index in [2.05, 4.69) is 10.0 Å². The molecule has 0 aromatic heterocycles. The molecule has 8 heteroatoms. The highest BCUT2D eigenvalue weighted by molar-refractivity contribution is 7.92. The summed E-state index contributed by atoms with van der Waals surface area (Å²) in [6.45, 7) is 1.60. The van der Waals surface area contributed by atoms with E-state index in [1.165, 1.54) is 0 Å². The molecule has 2 aromatic rings. The molecule has 3 rings (SSSR count). The summed E-state index contributed by atoms with van der Waals surface area (Å²) in [4.78, 5) is 12.3. The van der Waals surface area contributed by atoms with Gasteiger partial charge in [0, 0.05) is 24.4 Å². The Labute approximate surface area is 165 Å². The predicted octanol–water partition coefficient (Wildman–Crippen LogP) is 2.55. The molecular weight excluding hydrogens is 380 g/mol. The Morgan fingerprint density at radius 2 is 2.00 bits per heavy atom. The molecule has 0 bridgehead atoms. The zero-order valence-electron chi connectivity index (χ0n) is 15.7. The van der Waals surface area contributed by atoms with Crippen molar-refractivity contribution in [2.24, 2.45) is 0 Å². The van der Waals surface area contributed by atoms with Crippen molar-refractivity contribution in [2.45, 2.75) is 25.5 Å². The van der Waals surface area contributed by atoms with Gasteiger partial charge in [0.1, 0.15) is 12.4 Å². The van der Waals surface area contributed by atoms with Crippen LogP contribution in [0.3, 0.4) is 0 Å². The third-order valence-corrected chi connectivity index (χ3v) is 4.87. The summed E-state index contributed by atoms with van der Waals surface area (Å²) >= 11 is 0. The third-order valence-electron chi connectivity index (χ3n) is 4.26. The predicted molar refractivity (Wildman–Crippen MR) is 107 cm³/mol. The Bertz CT molecular complexity index is 906. The molecular formula is C20H24N2O5S.